The van der Waals surface area contributed by atoms with Crippen molar-refractivity contribution in [2.45, 2.75) is 40.0 Å². The van der Waals surface area contributed by atoms with Gasteiger partial charge < -0.3 is 4.74 Å². The van der Waals surface area contributed by atoms with E-state index in [9.17, 15) is 13.2 Å². The molecule has 0 bridgehead atoms. The van der Waals surface area contributed by atoms with E-state index in [-0.39, 0.29) is 12.5 Å². The van der Waals surface area contributed by atoms with E-state index in [1.807, 2.05) is 13.8 Å². The van der Waals surface area contributed by atoms with E-state index in [2.05, 4.69) is 6.58 Å². The summed E-state index contributed by atoms with van der Waals surface area (Å²) in [6, 6.07) is 0. The SMILES string of the molecule is C=C(C)C(=O)OC[N+](CCC)(CCC)CCCS(=O)(=O)O. The Labute approximate surface area is 128 Å². The minimum absolute atomic E-state index is 0.207. The molecule has 0 amide bonds. The Bertz CT molecular complexity index is 438. The molecule has 0 saturated heterocycles. The maximum Gasteiger partial charge on any atom is 0.337 e. The highest BCUT2D eigenvalue weighted by Crippen LogP contribution is 2.13. The highest BCUT2D eigenvalue weighted by Gasteiger charge is 2.28. The molecule has 0 aromatic rings. The van der Waals surface area contributed by atoms with Crippen molar-refractivity contribution in [1.29, 1.82) is 0 Å². The van der Waals surface area contributed by atoms with Crippen LogP contribution in [0, 0.1) is 0 Å². The van der Waals surface area contributed by atoms with E-state index in [1.165, 1.54) is 0 Å². The molecule has 1 N–H and O–H groups in total. The van der Waals surface area contributed by atoms with Gasteiger partial charge in [-0.05, 0) is 19.8 Å². The normalized spacial score (nSPS) is 12.2. The van der Waals surface area contributed by atoms with Gasteiger partial charge in [0.2, 0.25) is 6.73 Å². The maximum atomic E-state index is 11.6. The molecule has 0 unspecified atom stereocenters. The van der Waals surface area contributed by atoms with E-state index in [0.717, 1.165) is 25.9 Å². The molecule has 6 nitrogen and oxygen atoms in total. The zero-order valence-corrected chi connectivity index (χ0v) is 14.1. The van der Waals surface area contributed by atoms with Gasteiger partial charge in [-0.1, -0.05) is 20.4 Å². The summed E-state index contributed by atoms with van der Waals surface area (Å²) < 4.78 is 36.3. The third-order valence-corrected chi connectivity index (χ3v) is 4.05. The molecule has 0 heterocycles. The second-order valence-electron chi connectivity index (χ2n) is 5.49. The van der Waals surface area contributed by atoms with Gasteiger partial charge >= 0.3 is 5.97 Å². The molecule has 21 heavy (non-hydrogen) atoms. The fraction of sp³-hybridized carbons (Fsp3) is 0.786. The molecule has 0 aliphatic heterocycles. The van der Waals surface area contributed by atoms with E-state index in [0.29, 0.717) is 23.0 Å². The summed E-state index contributed by atoms with van der Waals surface area (Å²) in [5.41, 5.74) is 0.346. The number of ether oxygens (including phenoxy) is 1. The summed E-state index contributed by atoms with van der Waals surface area (Å²) in [5.74, 6) is -0.700. The fourth-order valence-electron chi connectivity index (χ4n) is 2.38. The lowest BCUT2D eigenvalue weighted by Gasteiger charge is -2.37. The minimum atomic E-state index is -3.95. The molecule has 0 aromatic heterocycles. The van der Waals surface area contributed by atoms with Crippen LogP contribution in [0.3, 0.4) is 0 Å². The van der Waals surface area contributed by atoms with E-state index >= 15 is 0 Å². The topological polar surface area (TPSA) is 80.7 Å². The quantitative estimate of drug-likeness (QED) is 0.207. The van der Waals surface area contributed by atoms with Crippen molar-refractivity contribution in [2.75, 3.05) is 32.1 Å². The first kappa shape index (κ1) is 20.1. The van der Waals surface area contributed by atoms with Crippen LogP contribution in [-0.4, -0.2) is 55.5 Å². The predicted octanol–water partition coefficient (Wildman–Crippen LogP) is 1.98. The molecule has 0 aliphatic rings. The second-order valence-corrected chi connectivity index (χ2v) is 7.07. The number of rotatable bonds is 11. The number of quaternary nitrogens is 1. The smallest absolute Gasteiger partial charge is 0.337 e. The largest absolute Gasteiger partial charge is 0.412 e. The third-order valence-electron chi connectivity index (χ3n) is 3.25. The summed E-state index contributed by atoms with van der Waals surface area (Å²) in [6.07, 6.45) is 2.14. The number of carbonyl (C=O) groups excluding carboxylic acids is 1. The van der Waals surface area contributed by atoms with Gasteiger partial charge in [0.15, 0.2) is 0 Å². The van der Waals surface area contributed by atoms with Gasteiger partial charge in [0, 0.05) is 12.0 Å². The Morgan fingerprint density at radius 3 is 2.10 bits per heavy atom. The standard InChI is InChI=1S/C14H27NO5S/c1-5-8-15(9-6-2,10-7-11-21(17,18)19)12-20-14(16)13(3)4/h3,5-12H2,1-2,4H3/p+1. The number of hydrogen-bond acceptors (Lipinski definition) is 4. The minimum Gasteiger partial charge on any atom is -0.412 e. The summed E-state index contributed by atoms with van der Waals surface area (Å²) >= 11 is 0. The Kier molecular flexibility index (Phi) is 8.77. The van der Waals surface area contributed by atoms with Gasteiger partial charge in [-0.2, -0.15) is 8.42 Å². The van der Waals surface area contributed by atoms with Gasteiger partial charge in [0.1, 0.15) is 0 Å². The Balaban J connectivity index is 4.79. The first-order chi connectivity index (χ1) is 9.66. The van der Waals surface area contributed by atoms with E-state index < -0.39 is 16.1 Å². The second kappa shape index (κ2) is 9.17. The van der Waals surface area contributed by atoms with Crippen molar-refractivity contribution in [3.8, 4) is 0 Å². The van der Waals surface area contributed by atoms with Crippen LogP contribution < -0.4 is 0 Å². The van der Waals surface area contributed by atoms with Crippen molar-refractivity contribution in [3.05, 3.63) is 12.2 Å². The van der Waals surface area contributed by atoms with Crippen molar-refractivity contribution in [2.24, 2.45) is 0 Å². The number of esters is 1. The van der Waals surface area contributed by atoms with Crippen LogP contribution in [0.2, 0.25) is 0 Å². The van der Waals surface area contributed by atoms with Crippen LogP contribution in [0.15, 0.2) is 12.2 Å². The fourth-order valence-corrected chi connectivity index (χ4v) is 2.87. The van der Waals surface area contributed by atoms with Crippen molar-refractivity contribution in [1.82, 2.24) is 0 Å². The predicted molar refractivity (Wildman–Crippen MR) is 82.2 cm³/mol. The summed E-state index contributed by atoms with van der Waals surface area (Å²) in [7, 11) is -3.95. The average Bonchev–Trinajstić information content (AvgIpc) is 2.34. The first-order valence-electron chi connectivity index (χ1n) is 7.28. The zero-order valence-electron chi connectivity index (χ0n) is 13.3. The highest BCUT2D eigenvalue weighted by molar-refractivity contribution is 7.85. The lowest BCUT2D eigenvalue weighted by atomic mass is 10.2. The number of hydrogen-bond donors (Lipinski definition) is 1. The van der Waals surface area contributed by atoms with Gasteiger partial charge in [-0.15, -0.1) is 0 Å². The van der Waals surface area contributed by atoms with Crippen LogP contribution >= 0.6 is 0 Å². The van der Waals surface area contributed by atoms with Gasteiger partial charge in [-0.3, -0.25) is 9.04 Å². The monoisotopic (exact) mass is 322 g/mol. The molecule has 0 rings (SSSR count). The lowest BCUT2D eigenvalue weighted by Crippen LogP contribution is -2.52. The molecule has 7 heteroatoms. The highest BCUT2D eigenvalue weighted by atomic mass is 32.2. The van der Waals surface area contributed by atoms with Gasteiger partial charge in [0.05, 0.1) is 25.4 Å². The molecular formula is C14H28NO5S+. The molecule has 0 radical (unpaired) electrons. The lowest BCUT2D eigenvalue weighted by molar-refractivity contribution is -0.943. The Morgan fingerprint density at radius 1 is 1.19 bits per heavy atom. The Hall–Kier alpha value is -0.920. The number of nitrogens with zero attached hydrogens (tertiary/aromatic N) is 1. The van der Waals surface area contributed by atoms with Gasteiger partial charge in [0.25, 0.3) is 10.1 Å². The third kappa shape index (κ3) is 8.85. The summed E-state index contributed by atoms with van der Waals surface area (Å²) in [6.45, 7) is 11.6. The summed E-state index contributed by atoms with van der Waals surface area (Å²) in [5, 5.41) is 0. The van der Waals surface area contributed by atoms with Crippen LogP contribution in [0.4, 0.5) is 0 Å². The molecule has 0 fully saturated rings. The zero-order chi connectivity index (χ0) is 16.5. The molecular weight excluding hydrogens is 294 g/mol. The van der Waals surface area contributed by atoms with Gasteiger partial charge in [-0.25, -0.2) is 4.79 Å². The van der Waals surface area contributed by atoms with E-state index in [1.54, 1.807) is 6.92 Å². The van der Waals surface area contributed by atoms with Crippen molar-refractivity contribution >= 4 is 16.1 Å². The molecule has 0 aliphatic carbocycles. The summed E-state index contributed by atoms with van der Waals surface area (Å²) in [4.78, 5) is 11.6. The van der Waals surface area contributed by atoms with Crippen LogP contribution in [0.25, 0.3) is 0 Å². The van der Waals surface area contributed by atoms with Crippen molar-refractivity contribution < 1.29 is 27.0 Å². The molecule has 124 valence electrons. The van der Waals surface area contributed by atoms with Crippen LogP contribution in [0.5, 0.6) is 0 Å². The molecule has 0 spiro atoms. The van der Waals surface area contributed by atoms with Crippen LogP contribution in [-0.2, 0) is 19.6 Å². The maximum absolute atomic E-state index is 11.6. The first-order valence-corrected chi connectivity index (χ1v) is 8.89. The average molecular weight is 322 g/mol. The number of carbonyl (C=O) groups is 1. The molecule has 0 aromatic carbocycles. The molecule has 0 atom stereocenters. The Morgan fingerprint density at radius 2 is 1.71 bits per heavy atom. The van der Waals surface area contributed by atoms with Crippen LogP contribution in [0.1, 0.15) is 40.0 Å². The molecule has 0 saturated carbocycles. The van der Waals surface area contributed by atoms with E-state index in [4.69, 9.17) is 9.29 Å². The van der Waals surface area contributed by atoms with Crippen molar-refractivity contribution in [3.63, 3.8) is 0 Å².